The predicted molar refractivity (Wildman–Crippen MR) is 71.3 cm³/mol. The summed E-state index contributed by atoms with van der Waals surface area (Å²) < 4.78 is 13.4. The van der Waals surface area contributed by atoms with E-state index in [1.165, 1.54) is 0 Å². The highest BCUT2D eigenvalue weighted by molar-refractivity contribution is 6.21. The van der Waals surface area contributed by atoms with Crippen molar-refractivity contribution in [3.63, 3.8) is 0 Å². The van der Waals surface area contributed by atoms with Crippen LogP contribution in [0.3, 0.4) is 0 Å². The molecule has 1 aliphatic rings. The average Bonchev–Trinajstić information content (AvgIpc) is 2.77. The molecule has 2 rings (SSSR count). The molecule has 3 atom stereocenters. The summed E-state index contributed by atoms with van der Waals surface area (Å²) in [6, 6.07) is 0.344. The second kappa shape index (κ2) is 5.93. The normalized spacial score (nSPS) is 27.3. The van der Waals surface area contributed by atoms with Crippen LogP contribution in [0, 0.1) is 0 Å². The Morgan fingerprint density at radius 3 is 2.89 bits per heavy atom. The van der Waals surface area contributed by atoms with Crippen LogP contribution in [0.4, 0.5) is 0 Å². The molecule has 1 heterocycles. The molecule has 4 nitrogen and oxygen atoms in total. The Kier molecular flexibility index (Phi) is 4.51. The molecule has 1 aromatic heterocycles. The quantitative estimate of drug-likeness (QED) is 0.747. The maximum Gasteiger partial charge on any atom is 0.157 e. The van der Waals surface area contributed by atoms with E-state index >= 15 is 0 Å². The summed E-state index contributed by atoms with van der Waals surface area (Å²) in [5, 5.41) is 4.32. The van der Waals surface area contributed by atoms with Crippen molar-refractivity contribution >= 4 is 11.6 Å². The highest BCUT2D eigenvalue weighted by atomic mass is 35.5. The van der Waals surface area contributed by atoms with Gasteiger partial charge >= 0.3 is 0 Å². The van der Waals surface area contributed by atoms with E-state index in [0.717, 1.165) is 25.2 Å². The summed E-state index contributed by atoms with van der Waals surface area (Å²) in [6.07, 6.45) is 5.57. The van der Waals surface area contributed by atoms with E-state index in [0.29, 0.717) is 6.04 Å². The molecule has 0 N–H and O–H groups in total. The Labute approximate surface area is 113 Å². The molecule has 0 amide bonds. The van der Waals surface area contributed by atoms with Crippen LogP contribution < -0.4 is 4.74 Å². The third-order valence-electron chi connectivity index (χ3n) is 3.09. The van der Waals surface area contributed by atoms with Gasteiger partial charge in [-0.3, -0.25) is 4.68 Å². The van der Waals surface area contributed by atoms with Crippen LogP contribution in [0.5, 0.6) is 5.75 Å². The number of aromatic nitrogens is 2. The van der Waals surface area contributed by atoms with Crippen molar-refractivity contribution in [2.24, 2.45) is 0 Å². The smallest absolute Gasteiger partial charge is 0.157 e. The predicted octanol–water partition coefficient (Wildman–Crippen LogP) is 3.02. The van der Waals surface area contributed by atoms with Gasteiger partial charge in [-0.25, -0.2) is 0 Å². The van der Waals surface area contributed by atoms with Crippen molar-refractivity contribution in [1.82, 2.24) is 9.78 Å². The standard InChI is InChI=1S/C13H21ClN2O2/c1-4-5-17-13-11(14)6-12(13)18-10-7-15-16(8-10)9(2)3/h7-9,11-13H,4-6H2,1-3H3. The van der Waals surface area contributed by atoms with Gasteiger partial charge in [0.1, 0.15) is 12.2 Å². The number of rotatable bonds is 6. The van der Waals surface area contributed by atoms with Crippen LogP contribution in [0.15, 0.2) is 12.4 Å². The number of halogens is 1. The molecule has 1 fully saturated rings. The minimum atomic E-state index is 0.00835. The van der Waals surface area contributed by atoms with E-state index in [1.54, 1.807) is 6.20 Å². The Hall–Kier alpha value is -0.740. The van der Waals surface area contributed by atoms with Gasteiger partial charge in [0.05, 0.1) is 17.8 Å². The first-order valence-corrected chi connectivity index (χ1v) is 7.02. The van der Waals surface area contributed by atoms with Crippen LogP contribution in [-0.2, 0) is 4.74 Å². The zero-order valence-electron chi connectivity index (χ0n) is 11.2. The van der Waals surface area contributed by atoms with Gasteiger partial charge in [-0.15, -0.1) is 11.6 Å². The van der Waals surface area contributed by atoms with Gasteiger partial charge in [-0.2, -0.15) is 5.10 Å². The maximum atomic E-state index is 6.14. The van der Waals surface area contributed by atoms with Crippen LogP contribution in [0.2, 0.25) is 0 Å². The molecule has 1 aromatic rings. The number of alkyl halides is 1. The lowest BCUT2D eigenvalue weighted by molar-refractivity contribution is -0.0798. The highest BCUT2D eigenvalue weighted by Gasteiger charge is 2.42. The summed E-state index contributed by atoms with van der Waals surface area (Å²) >= 11 is 6.14. The van der Waals surface area contributed by atoms with E-state index in [9.17, 15) is 0 Å². The fraction of sp³-hybridized carbons (Fsp3) is 0.769. The Balaban J connectivity index is 1.88. The van der Waals surface area contributed by atoms with E-state index in [1.807, 2.05) is 10.9 Å². The number of hydrogen-bond acceptors (Lipinski definition) is 3. The molecule has 0 radical (unpaired) electrons. The van der Waals surface area contributed by atoms with Crippen molar-refractivity contribution in [1.29, 1.82) is 0 Å². The molecule has 0 bridgehead atoms. The molecule has 0 aromatic carbocycles. The summed E-state index contributed by atoms with van der Waals surface area (Å²) in [5.74, 6) is 0.794. The van der Waals surface area contributed by atoms with Gasteiger partial charge < -0.3 is 9.47 Å². The second-order valence-corrected chi connectivity index (χ2v) is 5.55. The fourth-order valence-corrected chi connectivity index (χ4v) is 2.36. The molecule has 0 saturated heterocycles. The monoisotopic (exact) mass is 272 g/mol. The first kappa shape index (κ1) is 13.7. The van der Waals surface area contributed by atoms with E-state index in [2.05, 4.69) is 25.9 Å². The zero-order valence-corrected chi connectivity index (χ0v) is 11.9. The summed E-state index contributed by atoms with van der Waals surface area (Å²) in [5.41, 5.74) is 0. The van der Waals surface area contributed by atoms with E-state index in [4.69, 9.17) is 21.1 Å². The van der Waals surface area contributed by atoms with Crippen molar-refractivity contribution in [2.45, 2.75) is 57.2 Å². The minimum absolute atomic E-state index is 0.00835. The van der Waals surface area contributed by atoms with Gasteiger partial charge in [0, 0.05) is 19.1 Å². The minimum Gasteiger partial charge on any atom is -0.484 e. The lowest BCUT2D eigenvalue weighted by atomic mass is 9.91. The van der Waals surface area contributed by atoms with E-state index < -0.39 is 0 Å². The van der Waals surface area contributed by atoms with Crippen molar-refractivity contribution in [3.8, 4) is 5.75 Å². The van der Waals surface area contributed by atoms with Gasteiger partial charge in [0.15, 0.2) is 5.75 Å². The van der Waals surface area contributed by atoms with Crippen LogP contribution in [0.1, 0.15) is 39.7 Å². The summed E-state index contributed by atoms with van der Waals surface area (Å²) in [4.78, 5) is 0. The topological polar surface area (TPSA) is 36.3 Å². The molecule has 18 heavy (non-hydrogen) atoms. The second-order valence-electron chi connectivity index (χ2n) is 4.99. The summed E-state index contributed by atoms with van der Waals surface area (Å²) in [6.45, 7) is 6.99. The highest BCUT2D eigenvalue weighted by Crippen LogP contribution is 2.33. The molecular formula is C13H21ClN2O2. The SMILES string of the molecule is CCCOC1C(Cl)CC1Oc1cnn(C(C)C)c1. The van der Waals surface area contributed by atoms with E-state index in [-0.39, 0.29) is 17.6 Å². The molecule has 3 unspecified atom stereocenters. The number of ether oxygens (including phenoxy) is 2. The van der Waals surface area contributed by atoms with Crippen molar-refractivity contribution in [2.75, 3.05) is 6.61 Å². The first-order chi connectivity index (χ1) is 8.61. The third kappa shape index (κ3) is 2.98. The first-order valence-electron chi connectivity index (χ1n) is 6.58. The fourth-order valence-electron chi connectivity index (χ4n) is 1.95. The van der Waals surface area contributed by atoms with Gasteiger partial charge in [0.2, 0.25) is 0 Å². The molecule has 1 aliphatic carbocycles. The molecule has 102 valence electrons. The molecule has 1 saturated carbocycles. The van der Waals surface area contributed by atoms with Crippen LogP contribution in [-0.4, -0.2) is 34.0 Å². The lowest BCUT2D eigenvalue weighted by Crippen LogP contribution is -2.52. The zero-order chi connectivity index (χ0) is 13.1. The molecular weight excluding hydrogens is 252 g/mol. The average molecular weight is 273 g/mol. The molecule has 5 heteroatoms. The van der Waals surface area contributed by atoms with Crippen molar-refractivity contribution in [3.05, 3.63) is 12.4 Å². The number of hydrogen-bond donors (Lipinski definition) is 0. The van der Waals surface area contributed by atoms with Gasteiger partial charge in [-0.1, -0.05) is 6.92 Å². The lowest BCUT2D eigenvalue weighted by Gasteiger charge is -2.40. The molecule has 0 spiro atoms. The van der Waals surface area contributed by atoms with Crippen molar-refractivity contribution < 1.29 is 9.47 Å². The van der Waals surface area contributed by atoms with Crippen LogP contribution in [0.25, 0.3) is 0 Å². The summed E-state index contributed by atoms with van der Waals surface area (Å²) in [7, 11) is 0. The molecule has 0 aliphatic heterocycles. The third-order valence-corrected chi connectivity index (χ3v) is 3.52. The van der Waals surface area contributed by atoms with Gasteiger partial charge in [0.25, 0.3) is 0 Å². The Bertz CT molecular complexity index is 381. The Morgan fingerprint density at radius 1 is 1.56 bits per heavy atom. The Morgan fingerprint density at radius 2 is 2.33 bits per heavy atom. The number of nitrogens with zero attached hydrogens (tertiary/aromatic N) is 2. The van der Waals surface area contributed by atoms with Crippen LogP contribution >= 0.6 is 11.6 Å². The largest absolute Gasteiger partial charge is 0.484 e. The maximum absolute atomic E-state index is 6.14. The van der Waals surface area contributed by atoms with Gasteiger partial charge in [-0.05, 0) is 20.3 Å².